The molecule has 0 radical (unpaired) electrons. The Morgan fingerprint density at radius 2 is 1.77 bits per heavy atom. The first kappa shape index (κ1) is 20.0. The van der Waals surface area contributed by atoms with E-state index in [0.717, 1.165) is 11.6 Å². The first-order valence-electron chi connectivity index (χ1n) is 8.10. The maximum absolute atomic E-state index is 12.8. The molecule has 0 saturated carbocycles. The molecule has 0 bridgehead atoms. The van der Waals surface area contributed by atoms with Crippen LogP contribution in [0.1, 0.15) is 22.7 Å². The summed E-state index contributed by atoms with van der Waals surface area (Å²) in [7, 11) is -0.148. The van der Waals surface area contributed by atoms with Gasteiger partial charge >= 0.3 is 0 Å². The highest BCUT2D eigenvalue weighted by Crippen LogP contribution is 2.26. The van der Waals surface area contributed by atoms with Gasteiger partial charge in [-0.25, -0.2) is 13.1 Å². The Morgan fingerprint density at radius 3 is 2.31 bits per heavy atom. The number of nitrogens with one attached hydrogen (secondary N) is 1. The van der Waals surface area contributed by atoms with Crippen molar-refractivity contribution in [3.05, 3.63) is 69.3 Å². The van der Waals surface area contributed by atoms with Gasteiger partial charge in [-0.3, -0.25) is 10.1 Å². The number of sulfonamides is 1. The van der Waals surface area contributed by atoms with Crippen molar-refractivity contribution in [1.82, 2.24) is 9.62 Å². The molecule has 0 aromatic heterocycles. The van der Waals surface area contributed by atoms with Gasteiger partial charge in [-0.1, -0.05) is 30.3 Å². The van der Waals surface area contributed by atoms with Crippen LogP contribution in [0.25, 0.3) is 0 Å². The molecule has 0 amide bonds. The molecular weight excluding hydrogens is 354 g/mol. The number of hydrogen-bond donors (Lipinski definition) is 1. The average molecular weight is 377 g/mol. The molecule has 0 aliphatic carbocycles. The molecule has 0 saturated heterocycles. The van der Waals surface area contributed by atoms with E-state index in [2.05, 4.69) is 4.72 Å². The average Bonchev–Trinajstić information content (AvgIpc) is 2.57. The van der Waals surface area contributed by atoms with Crippen molar-refractivity contribution >= 4 is 15.7 Å². The Morgan fingerprint density at radius 1 is 1.15 bits per heavy atom. The van der Waals surface area contributed by atoms with Crippen LogP contribution >= 0.6 is 0 Å². The van der Waals surface area contributed by atoms with Gasteiger partial charge in [0, 0.05) is 24.7 Å². The highest BCUT2D eigenvalue weighted by atomic mass is 32.2. The third-order valence-electron chi connectivity index (χ3n) is 4.38. The summed E-state index contributed by atoms with van der Waals surface area (Å²) in [5, 5.41) is 11.1. The maximum atomic E-state index is 12.8. The van der Waals surface area contributed by atoms with Crippen molar-refractivity contribution in [3.63, 3.8) is 0 Å². The van der Waals surface area contributed by atoms with Crippen molar-refractivity contribution in [2.45, 2.75) is 24.8 Å². The molecule has 2 aromatic carbocycles. The normalized spacial score (nSPS) is 13.0. The molecule has 0 aliphatic rings. The number of hydrogen-bond acceptors (Lipinski definition) is 5. The van der Waals surface area contributed by atoms with Gasteiger partial charge in [0.15, 0.2) is 0 Å². The standard InChI is InChI=1S/C18H23N3O4S/c1-13-10-16(21(22)23)11-18(14(13)2)26(24,25)19-12-17(20(3)4)15-8-6-5-7-9-15/h5-11,17,19H,12H2,1-4H3. The van der Waals surface area contributed by atoms with Crippen molar-refractivity contribution in [1.29, 1.82) is 0 Å². The van der Waals surface area contributed by atoms with Gasteiger partial charge in [-0.15, -0.1) is 0 Å². The van der Waals surface area contributed by atoms with Crippen molar-refractivity contribution in [2.24, 2.45) is 0 Å². The van der Waals surface area contributed by atoms with E-state index in [1.54, 1.807) is 13.8 Å². The quantitative estimate of drug-likeness (QED) is 0.592. The minimum atomic E-state index is -3.89. The van der Waals surface area contributed by atoms with Gasteiger partial charge in [0.2, 0.25) is 10.0 Å². The SMILES string of the molecule is Cc1cc([N+](=O)[O-])cc(S(=O)(=O)NCC(c2ccccc2)N(C)C)c1C. The van der Waals surface area contributed by atoms with Crippen molar-refractivity contribution < 1.29 is 13.3 Å². The maximum Gasteiger partial charge on any atom is 0.271 e. The van der Waals surface area contributed by atoms with E-state index in [1.165, 1.54) is 6.07 Å². The lowest BCUT2D eigenvalue weighted by atomic mass is 10.1. The zero-order chi connectivity index (χ0) is 19.5. The van der Waals surface area contributed by atoms with E-state index in [4.69, 9.17) is 0 Å². The lowest BCUT2D eigenvalue weighted by Crippen LogP contribution is -2.34. The summed E-state index contributed by atoms with van der Waals surface area (Å²) in [5.41, 5.74) is 1.81. The number of benzene rings is 2. The summed E-state index contributed by atoms with van der Waals surface area (Å²) in [4.78, 5) is 12.3. The van der Waals surface area contributed by atoms with Crippen LogP contribution in [0.2, 0.25) is 0 Å². The molecule has 7 nitrogen and oxygen atoms in total. The summed E-state index contributed by atoms with van der Waals surface area (Å²) in [5.74, 6) is 0. The Balaban J connectivity index is 2.32. The predicted molar refractivity (Wildman–Crippen MR) is 101 cm³/mol. The third kappa shape index (κ3) is 4.46. The second kappa shape index (κ2) is 7.94. The summed E-state index contributed by atoms with van der Waals surface area (Å²) >= 11 is 0. The van der Waals surface area contributed by atoms with Crippen LogP contribution in [-0.2, 0) is 10.0 Å². The third-order valence-corrected chi connectivity index (χ3v) is 5.93. The van der Waals surface area contributed by atoms with E-state index in [1.807, 2.05) is 49.3 Å². The topological polar surface area (TPSA) is 92.5 Å². The Kier molecular flexibility index (Phi) is 6.12. The molecule has 2 rings (SSSR count). The van der Waals surface area contributed by atoms with Gasteiger partial charge in [-0.2, -0.15) is 0 Å². The molecule has 140 valence electrons. The second-order valence-electron chi connectivity index (χ2n) is 6.38. The molecule has 0 fully saturated rings. The van der Waals surface area contributed by atoms with Crippen LogP contribution in [0, 0.1) is 24.0 Å². The first-order chi connectivity index (χ1) is 12.1. The fraction of sp³-hybridized carbons (Fsp3) is 0.333. The van der Waals surface area contributed by atoms with E-state index >= 15 is 0 Å². The minimum Gasteiger partial charge on any atom is -0.301 e. The first-order valence-corrected chi connectivity index (χ1v) is 9.58. The molecule has 26 heavy (non-hydrogen) atoms. The second-order valence-corrected chi connectivity index (χ2v) is 8.12. The van der Waals surface area contributed by atoms with Crippen LogP contribution in [0.3, 0.4) is 0 Å². The predicted octanol–water partition coefficient (Wildman–Crippen LogP) is 2.79. The molecule has 1 unspecified atom stereocenters. The molecule has 8 heteroatoms. The van der Waals surface area contributed by atoms with Gasteiger partial charge in [0.05, 0.1) is 9.82 Å². The van der Waals surface area contributed by atoms with Crippen LogP contribution in [0.4, 0.5) is 5.69 Å². The van der Waals surface area contributed by atoms with Crippen LogP contribution in [-0.4, -0.2) is 38.9 Å². The number of nitrogens with zero attached hydrogens (tertiary/aromatic N) is 2. The van der Waals surface area contributed by atoms with Gasteiger partial charge < -0.3 is 4.90 Å². The van der Waals surface area contributed by atoms with E-state index < -0.39 is 14.9 Å². The van der Waals surface area contributed by atoms with Gasteiger partial charge in [0.25, 0.3) is 5.69 Å². The van der Waals surface area contributed by atoms with E-state index in [9.17, 15) is 18.5 Å². The number of likely N-dealkylation sites (N-methyl/N-ethyl adjacent to an activating group) is 1. The summed E-state index contributed by atoms with van der Waals surface area (Å²) in [6, 6.07) is 11.9. The summed E-state index contributed by atoms with van der Waals surface area (Å²) in [6.45, 7) is 3.46. The molecule has 1 atom stereocenters. The molecule has 2 aromatic rings. The number of nitro groups is 1. The van der Waals surface area contributed by atoms with E-state index in [-0.39, 0.29) is 23.2 Å². The summed E-state index contributed by atoms with van der Waals surface area (Å²) in [6.07, 6.45) is 0. The van der Waals surface area contributed by atoms with Crippen molar-refractivity contribution in [2.75, 3.05) is 20.6 Å². The molecule has 0 heterocycles. The van der Waals surface area contributed by atoms with Crippen LogP contribution in [0.5, 0.6) is 0 Å². The number of aryl methyl sites for hydroxylation is 1. The Hall–Kier alpha value is -2.29. The van der Waals surface area contributed by atoms with E-state index in [0.29, 0.717) is 11.1 Å². The number of non-ortho nitro benzene ring substituents is 1. The highest BCUT2D eigenvalue weighted by Gasteiger charge is 2.24. The fourth-order valence-corrected chi connectivity index (χ4v) is 4.11. The Labute approximate surface area is 153 Å². The molecule has 0 aliphatic heterocycles. The largest absolute Gasteiger partial charge is 0.301 e. The van der Waals surface area contributed by atoms with Crippen LogP contribution < -0.4 is 4.72 Å². The lowest BCUT2D eigenvalue weighted by Gasteiger charge is -2.25. The molecular formula is C18H23N3O4S. The minimum absolute atomic E-state index is 0.0604. The summed E-state index contributed by atoms with van der Waals surface area (Å²) < 4.78 is 28.2. The van der Waals surface area contributed by atoms with Gasteiger partial charge in [0.1, 0.15) is 0 Å². The monoisotopic (exact) mass is 377 g/mol. The van der Waals surface area contributed by atoms with Gasteiger partial charge in [-0.05, 0) is 44.6 Å². The van der Waals surface area contributed by atoms with Crippen LogP contribution in [0.15, 0.2) is 47.4 Å². The molecule has 1 N–H and O–H groups in total. The van der Waals surface area contributed by atoms with Crippen molar-refractivity contribution in [3.8, 4) is 0 Å². The smallest absolute Gasteiger partial charge is 0.271 e. The Bertz CT molecular complexity index is 896. The molecule has 0 spiro atoms. The zero-order valence-corrected chi connectivity index (χ0v) is 16.1. The number of rotatable bonds is 7. The highest BCUT2D eigenvalue weighted by molar-refractivity contribution is 7.89. The fourth-order valence-electron chi connectivity index (χ4n) is 2.73. The lowest BCUT2D eigenvalue weighted by molar-refractivity contribution is -0.385. The number of nitro benzene ring substituents is 1. The zero-order valence-electron chi connectivity index (χ0n) is 15.3.